The Morgan fingerprint density at radius 3 is 2.53 bits per heavy atom. The highest BCUT2D eigenvalue weighted by Crippen LogP contribution is 2.22. The van der Waals surface area contributed by atoms with Gasteiger partial charge in [0.15, 0.2) is 0 Å². The maximum Gasteiger partial charge on any atom is 0.0575 e. The first-order valence-corrected chi connectivity index (χ1v) is 5.54. The van der Waals surface area contributed by atoms with Gasteiger partial charge in [0.25, 0.3) is 0 Å². The van der Waals surface area contributed by atoms with Crippen LogP contribution in [-0.2, 0) is 0 Å². The van der Waals surface area contributed by atoms with Crippen LogP contribution in [0, 0.1) is 6.92 Å². The molecule has 2 aromatic rings. The van der Waals surface area contributed by atoms with Gasteiger partial charge in [-0.2, -0.15) is 0 Å². The van der Waals surface area contributed by atoms with E-state index >= 15 is 0 Å². The fourth-order valence-electron chi connectivity index (χ4n) is 1.81. The number of hydrazine groups is 1. The first kappa shape index (κ1) is 11.5. The van der Waals surface area contributed by atoms with E-state index in [9.17, 15) is 0 Å². The van der Waals surface area contributed by atoms with Crippen molar-refractivity contribution in [2.45, 2.75) is 13.8 Å². The Bertz CT molecular complexity index is 569. The number of nitrogens with zero attached hydrogens (tertiary/aromatic N) is 1. The van der Waals surface area contributed by atoms with Gasteiger partial charge in [0, 0.05) is 11.9 Å². The van der Waals surface area contributed by atoms with Gasteiger partial charge in [-0.05, 0) is 36.8 Å². The van der Waals surface area contributed by atoms with E-state index in [1.54, 1.807) is 6.20 Å². The molecule has 0 radical (unpaired) electrons. The fraction of sp³-hybridized carbons (Fsp3) is 0.143. The summed E-state index contributed by atoms with van der Waals surface area (Å²) in [7, 11) is 0. The van der Waals surface area contributed by atoms with E-state index in [0.717, 1.165) is 5.69 Å². The number of rotatable bonds is 2. The predicted molar refractivity (Wildman–Crippen MR) is 73.3 cm³/mol. The fourth-order valence-corrected chi connectivity index (χ4v) is 1.81. The number of hydrogen-bond donors (Lipinski definition) is 2. The van der Waals surface area contributed by atoms with Crippen molar-refractivity contribution in [3.05, 3.63) is 53.9 Å². The molecule has 0 saturated carbocycles. The van der Waals surface area contributed by atoms with Gasteiger partial charge in [-0.15, -0.1) is 0 Å². The van der Waals surface area contributed by atoms with E-state index < -0.39 is 0 Å². The van der Waals surface area contributed by atoms with Crippen LogP contribution >= 0.6 is 0 Å². The van der Waals surface area contributed by atoms with E-state index in [-0.39, 0.29) is 0 Å². The molecule has 0 spiro atoms. The van der Waals surface area contributed by atoms with Gasteiger partial charge in [-0.3, -0.25) is 5.01 Å². The zero-order valence-electron chi connectivity index (χ0n) is 10.1. The van der Waals surface area contributed by atoms with Crippen molar-refractivity contribution in [2.24, 2.45) is 11.6 Å². The van der Waals surface area contributed by atoms with Gasteiger partial charge in [-0.1, -0.05) is 29.8 Å². The summed E-state index contributed by atoms with van der Waals surface area (Å²) in [5.74, 6) is 5.90. The lowest BCUT2D eigenvalue weighted by Gasteiger charge is -2.15. The zero-order chi connectivity index (χ0) is 12.4. The number of hydrogen-bond acceptors (Lipinski definition) is 3. The Morgan fingerprint density at radius 2 is 1.82 bits per heavy atom. The molecule has 0 aliphatic rings. The van der Waals surface area contributed by atoms with Gasteiger partial charge in [-0.25, -0.2) is 5.84 Å². The van der Waals surface area contributed by atoms with Crippen molar-refractivity contribution in [2.75, 3.05) is 5.01 Å². The van der Waals surface area contributed by atoms with Crippen LogP contribution < -0.4 is 16.6 Å². The highest BCUT2D eigenvalue weighted by Gasteiger charge is 2.00. The monoisotopic (exact) mass is 227 g/mol. The summed E-state index contributed by atoms with van der Waals surface area (Å²) in [6.45, 7) is 3.89. The molecule has 0 atom stereocenters. The minimum Gasteiger partial charge on any atom is -0.401 e. The Balaban J connectivity index is 2.46. The molecule has 0 fully saturated rings. The third-order valence-corrected chi connectivity index (χ3v) is 2.62. The molecule has 4 N–H and O–H groups in total. The number of aryl methyl sites for hydroxylation is 1. The van der Waals surface area contributed by atoms with Crippen molar-refractivity contribution >= 4 is 16.5 Å². The lowest BCUT2D eigenvalue weighted by atomic mass is 10.1. The maximum absolute atomic E-state index is 5.90. The molecule has 3 heteroatoms. The van der Waals surface area contributed by atoms with Crippen molar-refractivity contribution in [1.82, 2.24) is 0 Å². The minimum absolute atomic E-state index is 0.678. The largest absolute Gasteiger partial charge is 0.401 e. The average molecular weight is 227 g/mol. The van der Waals surface area contributed by atoms with E-state index in [4.69, 9.17) is 11.6 Å². The van der Waals surface area contributed by atoms with Crippen LogP contribution in [0.3, 0.4) is 0 Å². The minimum atomic E-state index is 0.678. The summed E-state index contributed by atoms with van der Waals surface area (Å²) in [5.41, 5.74) is 8.45. The Morgan fingerprint density at radius 1 is 1.12 bits per heavy atom. The van der Waals surface area contributed by atoms with Crippen LogP contribution in [0.1, 0.15) is 12.5 Å². The Kier molecular flexibility index (Phi) is 3.02. The number of fused-ring (bicyclic) bond motifs is 1. The first-order chi connectivity index (χ1) is 8.06. The molecular formula is C14H17N3. The second kappa shape index (κ2) is 4.47. The third kappa shape index (κ3) is 2.57. The van der Waals surface area contributed by atoms with Crippen molar-refractivity contribution in [1.29, 1.82) is 0 Å². The molecule has 0 aromatic heterocycles. The molecule has 2 aromatic carbocycles. The maximum atomic E-state index is 5.90. The summed E-state index contributed by atoms with van der Waals surface area (Å²) in [5, 5.41) is 3.93. The quantitative estimate of drug-likeness (QED) is 0.612. The summed E-state index contributed by atoms with van der Waals surface area (Å²) in [6, 6.07) is 12.5. The standard InChI is InChI=1S/C14H17N3/c1-10-3-4-12-5-6-14(8-13(12)7-10)17(16)9-11(2)15/h3-9H,15-16H2,1-2H3/b11-9-. The van der Waals surface area contributed by atoms with Gasteiger partial charge in [0.05, 0.1) is 5.69 Å². The molecule has 0 saturated heterocycles. The number of anilines is 1. The highest BCUT2D eigenvalue weighted by atomic mass is 15.4. The van der Waals surface area contributed by atoms with Crippen LogP contribution in [0.15, 0.2) is 48.3 Å². The molecule has 3 nitrogen and oxygen atoms in total. The number of allylic oxidation sites excluding steroid dienone is 1. The van der Waals surface area contributed by atoms with Crippen LogP contribution in [0.2, 0.25) is 0 Å². The van der Waals surface area contributed by atoms with Crippen molar-refractivity contribution in [3.8, 4) is 0 Å². The second-order valence-corrected chi connectivity index (χ2v) is 4.32. The predicted octanol–water partition coefficient (Wildman–Crippen LogP) is 2.65. The third-order valence-electron chi connectivity index (χ3n) is 2.62. The molecule has 0 amide bonds. The van der Waals surface area contributed by atoms with Gasteiger partial charge in [0.2, 0.25) is 0 Å². The molecule has 0 bridgehead atoms. The van der Waals surface area contributed by atoms with E-state index in [1.807, 2.05) is 13.0 Å². The molecular weight excluding hydrogens is 210 g/mol. The molecule has 17 heavy (non-hydrogen) atoms. The average Bonchev–Trinajstić information content (AvgIpc) is 2.27. The lowest BCUT2D eigenvalue weighted by Crippen LogP contribution is -2.25. The van der Waals surface area contributed by atoms with Crippen molar-refractivity contribution < 1.29 is 0 Å². The van der Waals surface area contributed by atoms with Crippen LogP contribution in [0.4, 0.5) is 5.69 Å². The molecule has 0 heterocycles. The van der Waals surface area contributed by atoms with E-state index in [1.165, 1.54) is 21.3 Å². The Labute approximate surface area is 101 Å². The SMILES string of the molecule is C/C(N)=C/N(N)c1ccc2ccc(C)cc2c1. The molecule has 0 unspecified atom stereocenters. The molecule has 0 aliphatic heterocycles. The van der Waals surface area contributed by atoms with Crippen LogP contribution in [0.25, 0.3) is 10.8 Å². The smallest absolute Gasteiger partial charge is 0.0575 e. The first-order valence-electron chi connectivity index (χ1n) is 5.54. The Hall–Kier alpha value is -2.00. The number of benzene rings is 2. The van der Waals surface area contributed by atoms with Crippen molar-refractivity contribution in [3.63, 3.8) is 0 Å². The number of nitrogens with two attached hydrogens (primary N) is 2. The van der Waals surface area contributed by atoms with E-state index in [2.05, 4.69) is 37.3 Å². The molecule has 2 rings (SSSR count). The van der Waals surface area contributed by atoms with Gasteiger partial charge in [0.1, 0.15) is 0 Å². The summed E-state index contributed by atoms with van der Waals surface area (Å²) < 4.78 is 0. The van der Waals surface area contributed by atoms with Gasteiger partial charge >= 0.3 is 0 Å². The van der Waals surface area contributed by atoms with Crippen LogP contribution in [-0.4, -0.2) is 0 Å². The lowest BCUT2D eigenvalue weighted by molar-refractivity contribution is 1.05. The topological polar surface area (TPSA) is 55.3 Å². The summed E-state index contributed by atoms with van der Waals surface area (Å²) in [4.78, 5) is 0. The van der Waals surface area contributed by atoms with E-state index in [0.29, 0.717) is 5.70 Å². The molecule has 88 valence electrons. The normalized spacial score (nSPS) is 11.8. The summed E-state index contributed by atoms with van der Waals surface area (Å²) >= 11 is 0. The molecule has 0 aliphatic carbocycles. The zero-order valence-corrected chi connectivity index (χ0v) is 10.1. The van der Waals surface area contributed by atoms with Crippen LogP contribution in [0.5, 0.6) is 0 Å². The summed E-state index contributed by atoms with van der Waals surface area (Å²) in [6.07, 6.45) is 1.71. The second-order valence-electron chi connectivity index (χ2n) is 4.32. The van der Waals surface area contributed by atoms with Gasteiger partial charge < -0.3 is 5.73 Å². The highest BCUT2D eigenvalue weighted by molar-refractivity contribution is 5.86.